The highest BCUT2D eigenvalue weighted by atomic mass is 35.5. The van der Waals surface area contributed by atoms with Crippen molar-refractivity contribution in [1.82, 2.24) is 19.3 Å². The first-order valence-corrected chi connectivity index (χ1v) is 8.14. The molecule has 2 aromatic heterocycles. The maximum atomic E-state index is 12.6. The summed E-state index contributed by atoms with van der Waals surface area (Å²) in [4.78, 5) is 23.3. The number of hydrogen-bond donors (Lipinski definition) is 0. The number of nitrogens with zero attached hydrogens (tertiary/aromatic N) is 4. The average Bonchev–Trinajstić information content (AvgIpc) is 3.00. The van der Waals surface area contributed by atoms with Crippen LogP contribution >= 0.6 is 11.6 Å². The number of hydrogen-bond acceptors (Lipinski definition) is 3. The van der Waals surface area contributed by atoms with E-state index in [1.54, 1.807) is 12.4 Å². The Hall–Kier alpha value is -1.62. The summed E-state index contributed by atoms with van der Waals surface area (Å²) in [6.45, 7) is 4.87. The minimum absolute atomic E-state index is 0.221. The molecule has 0 spiro atoms. The summed E-state index contributed by atoms with van der Waals surface area (Å²) in [5.41, 5.74) is 0.607. The average molecular weight is 319 g/mol. The van der Waals surface area contributed by atoms with Gasteiger partial charge in [-0.15, -0.1) is 0 Å². The second-order valence-corrected chi connectivity index (χ2v) is 7.42. The zero-order chi connectivity index (χ0) is 15.5. The quantitative estimate of drug-likeness (QED) is 0.812. The molecule has 2 atom stereocenters. The van der Waals surface area contributed by atoms with E-state index in [1.165, 1.54) is 0 Å². The number of imidazole rings is 1. The lowest BCUT2D eigenvalue weighted by molar-refractivity contribution is -0.136. The molecule has 0 radical (unpaired) electrons. The van der Waals surface area contributed by atoms with Gasteiger partial charge in [0, 0.05) is 36.3 Å². The van der Waals surface area contributed by atoms with Crippen molar-refractivity contribution in [2.45, 2.75) is 45.1 Å². The van der Waals surface area contributed by atoms with E-state index in [0.29, 0.717) is 11.2 Å². The molecule has 0 saturated carbocycles. The Labute approximate surface area is 134 Å². The Morgan fingerprint density at radius 2 is 2.14 bits per heavy atom. The molecule has 0 aliphatic carbocycles. The van der Waals surface area contributed by atoms with Crippen LogP contribution in [0.4, 0.5) is 0 Å². The zero-order valence-electron chi connectivity index (χ0n) is 12.8. The summed E-state index contributed by atoms with van der Waals surface area (Å²) in [6, 6.07) is 0.398. The largest absolute Gasteiger partial charge is 0.338 e. The molecule has 2 saturated heterocycles. The number of carbonyl (C=O) groups excluding carboxylic acids is 1. The third kappa shape index (κ3) is 1.95. The van der Waals surface area contributed by atoms with E-state index >= 15 is 0 Å². The third-order valence-corrected chi connectivity index (χ3v) is 5.39. The number of halogens is 1. The predicted molar refractivity (Wildman–Crippen MR) is 83.9 cm³/mol. The molecule has 116 valence electrons. The van der Waals surface area contributed by atoms with Gasteiger partial charge < -0.3 is 4.90 Å². The van der Waals surface area contributed by atoms with Crippen LogP contribution in [-0.4, -0.2) is 37.8 Å². The molecule has 0 N–H and O–H groups in total. The summed E-state index contributed by atoms with van der Waals surface area (Å²) in [5.74, 6) is 1.52. The lowest BCUT2D eigenvalue weighted by Gasteiger charge is -2.34. The minimum Gasteiger partial charge on any atom is -0.338 e. The fraction of sp³-hybridized carbons (Fsp3) is 0.562. The van der Waals surface area contributed by atoms with E-state index in [4.69, 9.17) is 11.6 Å². The van der Waals surface area contributed by atoms with Crippen LogP contribution in [0, 0.1) is 5.41 Å². The van der Waals surface area contributed by atoms with Crippen molar-refractivity contribution in [2.24, 2.45) is 5.41 Å². The summed E-state index contributed by atoms with van der Waals surface area (Å²) < 4.78 is 2.01. The van der Waals surface area contributed by atoms with Crippen LogP contribution in [0.25, 0.3) is 5.52 Å². The Morgan fingerprint density at radius 1 is 1.32 bits per heavy atom. The van der Waals surface area contributed by atoms with E-state index in [-0.39, 0.29) is 17.2 Å². The van der Waals surface area contributed by atoms with E-state index in [1.807, 2.05) is 10.6 Å². The van der Waals surface area contributed by atoms with Crippen LogP contribution in [0.2, 0.25) is 5.15 Å². The Morgan fingerprint density at radius 3 is 2.95 bits per heavy atom. The number of carbonyl (C=O) groups is 1. The van der Waals surface area contributed by atoms with Gasteiger partial charge >= 0.3 is 0 Å². The Bertz CT molecular complexity index is 754. The number of rotatable bonds is 1. The van der Waals surface area contributed by atoms with Gasteiger partial charge in [-0.1, -0.05) is 25.4 Å². The van der Waals surface area contributed by atoms with Gasteiger partial charge in [-0.3, -0.25) is 9.20 Å². The van der Waals surface area contributed by atoms with Gasteiger partial charge in [0.05, 0.1) is 6.20 Å². The Kier molecular flexibility index (Phi) is 2.98. The standard InChI is InChI=1S/C16H19ClN4O/c1-16(2)7-11-4-3-10(9-21(11)15(16)22)14-19-8-12-13(17)18-5-6-20(12)14/h5-6,8,10-11H,3-4,7,9H2,1-2H3. The number of fused-ring (bicyclic) bond motifs is 2. The molecule has 0 aromatic carbocycles. The summed E-state index contributed by atoms with van der Waals surface area (Å²) in [7, 11) is 0. The molecule has 5 nitrogen and oxygen atoms in total. The number of piperidine rings is 1. The maximum Gasteiger partial charge on any atom is 0.228 e. The molecule has 1 amide bonds. The van der Waals surface area contributed by atoms with E-state index in [2.05, 4.69) is 28.7 Å². The molecule has 2 fully saturated rings. The van der Waals surface area contributed by atoms with Gasteiger partial charge in [0.1, 0.15) is 11.3 Å². The van der Waals surface area contributed by atoms with Crippen molar-refractivity contribution in [3.05, 3.63) is 29.6 Å². The monoisotopic (exact) mass is 318 g/mol. The molecule has 4 heterocycles. The van der Waals surface area contributed by atoms with E-state index in [9.17, 15) is 4.79 Å². The summed E-state index contributed by atoms with van der Waals surface area (Å²) in [6.07, 6.45) is 8.43. The number of aromatic nitrogens is 3. The molecule has 2 unspecified atom stereocenters. The van der Waals surface area contributed by atoms with Crippen molar-refractivity contribution in [2.75, 3.05) is 6.54 Å². The van der Waals surface area contributed by atoms with Crippen LogP contribution < -0.4 is 0 Å². The van der Waals surface area contributed by atoms with Crippen LogP contribution in [0.3, 0.4) is 0 Å². The molecule has 6 heteroatoms. The smallest absolute Gasteiger partial charge is 0.228 e. The first-order valence-electron chi connectivity index (χ1n) is 7.76. The molecule has 2 aliphatic rings. The maximum absolute atomic E-state index is 12.6. The molecule has 2 aliphatic heterocycles. The van der Waals surface area contributed by atoms with Gasteiger partial charge in [0.2, 0.25) is 5.91 Å². The second-order valence-electron chi connectivity index (χ2n) is 7.06. The SMILES string of the molecule is CC1(C)CC2CCC(c3ncc4c(Cl)nccn34)CN2C1=O. The first-order chi connectivity index (χ1) is 10.5. The zero-order valence-corrected chi connectivity index (χ0v) is 13.5. The van der Waals surface area contributed by atoms with Gasteiger partial charge in [-0.05, 0) is 19.3 Å². The lowest BCUT2D eigenvalue weighted by Crippen LogP contribution is -2.42. The molecule has 4 rings (SSSR count). The van der Waals surface area contributed by atoms with Crippen LogP contribution in [0.1, 0.15) is 44.9 Å². The highest BCUT2D eigenvalue weighted by Gasteiger charge is 2.47. The molecular formula is C16H19ClN4O. The molecular weight excluding hydrogens is 300 g/mol. The Balaban J connectivity index is 1.67. The van der Waals surface area contributed by atoms with E-state index < -0.39 is 0 Å². The van der Waals surface area contributed by atoms with Crippen LogP contribution in [-0.2, 0) is 4.79 Å². The van der Waals surface area contributed by atoms with Crippen molar-refractivity contribution < 1.29 is 4.79 Å². The summed E-state index contributed by atoms with van der Waals surface area (Å²) in [5, 5.41) is 0.466. The highest BCUT2D eigenvalue weighted by Crippen LogP contribution is 2.42. The summed E-state index contributed by atoms with van der Waals surface area (Å²) >= 11 is 6.12. The van der Waals surface area contributed by atoms with Crippen LogP contribution in [0.15, 0.2) is 18.6 Å². The van der Waals surface area contributed by atoms with Gasteiger partial charge in [0.25, 0.3) is 0 Å². The van der Waals surface area contributed by atoms with Crippen molar-refractivity contribution in [3.63, 3.8) is 0 Å². The second kappa shape index (κ2) is 4.69. The van der Waals surface area contributed by atoms with Gasteiger partial charge in [-0.25, -0.2) is 9.97 Å². The third-order valence-electron chi connectivity index (χ3n) is 5.10. The van der Waals surface area contributed by atoms with Crippen LogP contribution in [0.5, 0.6) is 0 Å². The van der Waals surface area contributed by atoms with Crippen molar-refractivity contribution in [1.29, 1.82) is 0 Å². The van der Waals surface area contributed by atoms with Crippen molar-refractivity contribution >= 4 is 23.0 Å². The predicted octanol–water partition coefficient (Wildman–Crippen LogP) is 2.89. The molecule has 0 bridgehead atoms. The topological polar surface area (TPSA) is 50.5 Å². The molecule has 22 heavy (non-hydrogen) atoms. The van der Waals surface area contributed by atoms with Gasteiger partial charge in [-0.2, -0.15) is 0 Å². The highest BCUT2D eigenvalue weighted by molar-refractivity contribution is 6.32. The van der Waals surface area contributed by atoms with Crippen molar-refractivity contribution in [3.8, 4) is 0 Å². The minimum atomic E-state index is -0.221. The van der Waals surface area contributed by atoms with E-state index in [0.717, 1.165) is 37.1 Å². The number of amides is 1. The molecule has 2 aromatic rings. The first kappa shape index (κ1) is 14.0. The fourth-order valence-electron chi connectivity index (χ4n) is 3.98. The van der Waals surface area contributed by atoms with Gasteiger partial charge in [0.15, 0.2) is 5.15 Å². The lowest BCUT2D eigenvalue weighted by atomic mass is 9.87. The fourth-order valence-corrected chi connectivity index (χ4v) is 4.18. The normalized spacial score (nSPS) is 27.4.